The number of hydrogen-bond donors (Lipinski definition) is 0. The van der Waals surface area contributed by atoms with Gasteiger partial charge >= 0.3 is 0 Å². The summed E-state index contributed by atoms with van der Waals surface area (Å²) in [5.74, 6) is 0.515. The summed E-state index contributed by atoms with van der Waals surface area (Å²) < 4.78 is 23.6. The van der Waals surface area contributed by atoms with Crippen molar-refractivity contribution in [1.29, 1.82) is 0 Å². The monoisotopic (exact) mass is 225 g/mol. The molecule has 2 heterocycles. The van der Waals surface area contributed by atoms with E-state index in [0.717, 1.165) is 24.1 Å². The third-order valence-electron chi connectivity index (χ3n) is 2.71. The highest BCUT2D eigenvalue weighted by Gasteiger charge is 2.25. The van der Waals surface area contributed by atoms with E-state index >= 15 is 0 Å². The highest BCUT2D eigenvalue weighted by molar-refractivity contribution is 7.91. The van der Waals surface area contributed by atoms with Crippen LogP contribution in [0.15, 0.2) is 17.2 Å². The predicted octanol–water partition coefficient (Wildman–Crippen LogP) is 1.92. The van der Waals surface area contributed by atoms with Gasteiger partial charge in [-0.3, -0.25) is 0 Å². The minimum atomic E-state index is -3.11. The van der Waals surface area contributed by atoms with Crippen molar-refractivity contribution >= 4 is 9.84 Å². The molecule has 0 aromatic carbocycles. The van der Waals surface area contributed by atoms with Crippen LogP contribution in [0.5, 0.6) is 0 Å². The van der Waals surface area contributed by atoms with Gasteiger partial charge in [-0.05, 0) is 30.4 Å². The zero-order valence-electron chi connectivity index (χ0n) is 9.03. The fourth-order valence-electron chi connectivity index (χ4n) is 1.81. The second kappa shape index (κ2) is 3.59. The van der Waals surface area contributed by atoms with Crippen LogP contribution in [0.3, 0.4) is 0 Å². The van der Waals surface area contributed by atoms with E-state index in [1.807, 2.05) is 26.0 Å². The standard InChI is InChI=1S/C11H15NO2S/c1-8(2)10-6-5-9-4-3-7-15(13,14)11(9)12-10/h5-6,8H,3-4,7H2,1-2H3. The summed E-state index contributed by atoms with van der Waals surface area (Å²) in [6, 6.07) is 3.85. The first-order valence-corrected chi connectivity index (χ1v) is 6.88. The third-order valence-corrected chi connectivity index (χ3v) is 4.47. The van der Waals surface area contributed by atoms with Crippen LogP contribution in [0.25, 0.3) is 0 Å². The highest BCUT2D eigenvalue weighted by atomic mass is 32.2. The predicted molar refractivity (Wildman–Crippen MR) is 58.7 cm³/mol. The number of fused-ring (bicyclic) bond motifs is 1. The average Bonchev–Trinajstić information content (AvgIpc) is 2.17. The zero-order valence-corrected chi connectivity index (χ0v) is 9.84. The van der Waals surface area contributed by atoms with Gasteiger partial charge in [-0.25, -0.2) is 13.4 Å². The van der Waals surface area contributed by atoms with Crippen molar-refractivity contribution in [3.63, 3.8) is 0 Å². The molecule has 4 heteroatoms. The van der Waals surface area contributed by atoms with Gasteiger partial charge in [0, 0.05) is 5.69 Å². The number of sulfone groups is 1. The molecule has 0 atom stereocenters. The van der Waals surface area contributed by atoms with E-state index in [1.165, 1.54) is 0 Å². The lowest BCUT2D eigenvalue weighted by molar-refractivity contribution is 0.579. The minimum Gasteiger partial charge on any atom is -0.241 e. The fraction of sp³-hybridized carbons (Fsp3) is 0.545. The fourth-order valence-corrected chi connectivity index (χ4v) is 3.35. The van der Waals surface area contributed by atoms with Crippen LogP contribution in [0.1, 0.15) is 37.4 Å². The Balaban J connectivity index is 2.59. The molecular weight excluding hydrogens is 210 g/mol. The summed E-state index contributed by atoms with van der Waals surface area (Å²) >= 11 is 0. The molecule has 0 bridgehead atoms. The molecule has 0 aliphatic carbocycles. The first-order valence-electron chi connectivity index (χ1n) is 5.23. The Morgan fingerprint density at radius 3 is 2.73 bits per heavy atom. The zero-order chi connectivity index (χ0) is 11.1. The molecule has 0 fully saturated rings. The van der Waals surface area contributed by atoms with Crippen LogP contribution in [-0.2, 0) is 16.3 Å². The molecule has 0 unspecified atom stereocenters. The summed E-state index contributed by atoms with van der Waals surface area (Å²) in [6.45, 7) is 4.04. The van der Waals surface area contributed by atoms with E-state index in [4.69, 9.17) is 0 Å². The van der Waals surface area contributed by atoms with E-state index in [2.05, 4.69) is 4.98 Å². The van der Waals surface area contributed by atoms with Gasteiger partial charge in [0.2, 0.25) is 0 Å². The lowest BCUT2D eigenvalue weighted by Gasteiger charge is -2.16. The summed E-state index contributed by atoms with van der Waals surface area (Å²) in [5.41, 5.74) is 1.74. The maximum Gasteiger partial charge on any atom is 0.195 e. The largest absolute Gasteiger partial charge is 0.241 e. The van der Waals surface area contributed by atoms with E-state index in [0.29, 0.717) is 5.03 Å². The molecule has 1 aromatic heterocycles. The van der Waals surface area contributed by atoms with Gasteiger partial charge in [0.25, 0.3) is 0 Å². The molecule has 3 nitrogen and oxygen atoms in total. The number of nitrogens with zero attached hydrogens (tertiary/aromatic N) is 1. The van der Waals surface area contributed by atoms with Gasteiger partial charge in [-0.2, -0.15) is 0 Å². The lowest BCUT2D eigenvalue weighted by atomic mass is 10.1. The van der Waals surface area contributed by atoms with Crippen molar-refractivity contribution in [2.45, 2.75) is 37.6 Å². The second-order valence-electron chi connectivity index (χ2n) is 4.28. The van der Waals surface area contributed by atoms with E-state index in [-0.39, 0.29) is 11.7 Å². The summed E-state index contributed by atoms with van der Waals surface area (Å²) in [7, 11) is -3.11. The molecule has 0 radical (unpaired) electrons. The van der Waals surface area contributed by atoms with Crippen molar-refractivity contribution in [2.75, 3.05) is 5.75 Å². The lowest BCUT2D eigenvalue weighted by Crippen LogP contribution is -2.18. The maximum absolute atomic E-state index is 11.8. The molecule has 0 saturated heterocycles. The number of hydrogen-bond acceptors (Lipinski definition) is 3. The van der Waals surface area contributed by atoms with Crippen LogP contribution < -0.4 is 0 Å². The molecule has 15 heavy (non-hydrogen) atoms. The third kappa shape index (κ3) is 1.91. The topological polar surface area (TPSA) is 47.0 Å². The Hall–Kier alpha value is -0.900. The normalized spacial score (nSPS) is 18.9. The van der Waals surface area contributed by atoms with Gasteiger partial charge < -0.3 is 0 Å². The summed E-state index contributed by atoms with van der Waals surface area (Å²) in [4.78, 5) is 4.28. The number of aryl methyl sites for hydroxylation is 1. The number of pyridine rings is 1. The average molecular weight is 225 g/mol. The highest BCUT2D eigenvalue weighted by Crippen LogP contribution is 2.25. The first-order chi connectivity index (χ1) is 7.00. The number of aromatic nitrogens is 1. The van der Waals surface area contributed by atoms with E-state index in [1.54, 1.807) is 0 Å². The molecule has 82 valence electrons. The molecule has 0 N–H and O–H groups in total. The molecule has 2 rings (SSSR count). The van der Waals surface area contributed by atoms with Crippen LogP contribution in [0, 0.1) is 0 Å². The quantitative estimate of drug-likeness (QED) is 0.733. The SMILES string of the molecule is CC(C)c1ccc2c(n1)S(=O)(=O)CCC2. The molecule has 1 aliphatic heterocycles. The molecule has 0 saturated carbocycles. The smallest absolute Gasteiger partial charge is 0.195 e. The molecule has 1 aliphatic rings. The van der Waals surface area contributed by atoms with Crippen molar-refractivity contribution < 1.29 is 8.42 Å². The molecular formula is C11H15NO2S. The van der Waals surface area contributed by atoms with Gasteiger partial charge in [0.15, 0.2) is 14.9 Å². The van der Waals surface area contributed by atoms with Crippen molar-refractivity contribution in [2.24, 2.45) is 0 Å². The van der Waals surface area contributed by atoms with Crippen LogP contribution in [0.4, 0.5) is 0 Å². The molecule has 1 aromatic rings. The van der Waals surface area contributed by atoms with Crippen LogP contribution >= 0.6 is 0 Å². The Labute approximate surface area is 90.5 Å². The van der Waals surface area contributed by atoms with Crippen molar-refractivity contribution in [3.05, 3.63) is 23.4 Å². The second-order valence-corrected chi connectivity index (χ2v) is 6.30. The van der Waals surface area contributed by atoms with Crippen LogP contribution in [-0.4, -0.2) is 19.2 Å². The van der Waals surface area contributed by atoms with Crippen LogP contribution in [0.2, 0.25) is 0 Å². The Bertz CT molecular complexity index is 477. The summed E-state index contributed by atoms with van der Waals surface area (Å²) in [5, 5.41) is 0.319. The van der Waals surface area contributed by atoms with Crippen molar-refractivity contribution in [1.82, 2.24) is 4.98 Å². The van der Waals surface area contributed by atoms with E-state index < -0.39 is 9.84 Å². The van der Waals surface area contributed by atoms with E-state index in [9.17, 15) is 8.42 Å². The first kappa shape index (κ1) is 10.6. The summed E-state index contributed by atoms with van der Waals surface area (Å²) in [6.07, 6.45) is 1.55. The Kier molecular flexibility index (Phi) is 2.54. The Morgan fingerprint density at radius 2 is 2.07 bits per heavy atom. The van der Waals surface area contributed by atoms with Gasteiger partial charge in [0.1, 0.15) is 0 Å². The Morgan fingerprint density at radius 1 is 1.33 bits per heavy atom. The maximum atomic E-state index is 11.8. The van der Waals surface area contributed by atoms with Gasteiger partial charge in [-0.1, -0.05) is 19.9 Å². The van der Waals surface area contributed by atoms with Gasteiger partial charge in [0.05, 0.1) is 5.75 Å². The molecule has 0 amide bonds. The molecule has 0 spiro atoms. The minimum absolute atomic E-state index is 0.245. The van der Waals surface area contributed by atoms with Gasteiger partial charge in [-0.15, -0.1) is 0 Å². The number of rotatable bonds is 1. The van der Waals surface area contributed by atoms with Crippen molar-refractivity contribution in [3.8, 4) is 0 Å².